The molecule has 2 aromatic rings. The van der Waals surface area contributed by atoms with E-state index >= 15 is 0 Å². The summed E-state index contributed by atoms with van der Waals surface area (Å²) in [5.74, 6) is -0.200. The zero-order valence-corrected chi connectivity index (χ0v) is 24.3. The van der Waals surface area contributed by atoms with Gasteiger partial charge in [0.2, 0.25) is 11.8 Å². The van der Waals surface area contributed by atoms with Crippen molar-refractivity contribution < 1.29 is 28.2 Å². The normalized spacial score (nSPS) is 24.6. The van der Waals surface area contributed by atoms with E-state index in [0.29, 0.717) is 50.6 Å². The lowest BCUT2D eigenvalue weighted by Gasteiger charge is -2.39. The first-order chi connectivity index (χ1) is 19.8. The number of ether oxygens (including phenoxy) is 2. The van der Waals surface area contributed by atoms with Gasteiger partial charge in [-0.05, 0) is 74.6 Å². The van der Waals surface area contributed by atoms with Crippen LogP contribution >= 0.6 is 11.6 Å². The number of benzene rings is 2. The SMILES string of the molecule is CCN(C(=O)Oc1ccc(F)cc1)C1CN(C(=O)C2CCN(C(=O)C3CC(OC)C3)CC2)CC1c1ccc(Cl)cc1. The van der Waals surface area contributed by atoms with Crippen molar-refractivity contribution in [1.29, 1.82) is 0 Å². The Hall–Kier alpha value is -3.17. The Kier molecular flexibility index (Phi) is 9.14. The number of carbonyl (C=O) groups excluding carboxylic acids is 3. The van der Waals surface area contributed by atoms with Crippen molar-refractivity contribution in [2.45, 2.75) is 50.7 Å². The van der Waals surface area contributed by atoms with Gasteiger partial charge >= 0.3 is 6.09 Å². The summed E-state index contributed by atoms with van der Waals surface area (Å²) in [5, 5.41) is 0.611. The number of hydrogen-bond acceptors (Lipinski definition) is 5. The molecular weight excluding hydrogens is 549 g/mol. The Balaban J connectivity index is 1.26. The fourth-order valence-corrected chi connectivity index (χ4v) is 6.43. The predicted molar refractivity (Wildman–Crippen MR) is 152 cm³/mol. The third-order valence-electron chi connectivity index (χ3n) is 8.83. The highest BCUT2D eigenvalue weighted by molar-refractivity contribution is 6.30. The number of halogens is 2. The summed E-state index contributed by atoms with van der Waals surface area (Å²) in [7, 11) is 1.68. The number of likely N-dealkylation sites (tertiary alicyclic amines) is 2. The maximum absolute atomic E-state index is 13.8. The third-order valence-corrected chi connectivity index (χ3v) is 9.08. The van der Waals surface area contributed by atoms with Gasteiger partial charge in [0, 0.05) is 62.6 Å². The Morgan fingerprint density at radius 1 is 0.927 bits per heavy atom. The summed E-state index contributed by atoms with van der Waals surface area (Å²) >= 11 is 6.15. The van der Waals surface area contributed by atoms with Crippen molar-refractivity contribution in [2.75, 3.05) is 39.8 Å². The van der Waals surface area contributed by atoms with E-state index in [-0.39, 0.29) is 47.5 Å². The average molecular weight is 586 g/mol. The first-order valence-corrected chi connectivity index (χ1v) is 14.7. The van der Waals surface area contributed by atoms with Gasteiger partial charge in [0.25, 0.3) is 0 Å². The lowest BCUT2D eigenvalue weighted by Crippen LogP contribution is -2.49. The van der Waals surface area contributed by atoms with Crippen LogP contribution in [-0.2, 0) is 14.3 Å². The maximum atomic E-state index is 13.8. The fraction of sp³-hybridized carbons (Fsp3) is 0.516. The van der Waals surface area contributed by atoms with Crippen LogP contribution in [0.15, 0.2) is 48.5 Å². The molecule has 3 fully saturated rings. The van der Waals surface area contributed by atoms with E-state index in [0.717, 1.165) is 18.4 Å². The van der Waals surface area contributed by atoms with E-state index in [9.17, 15) is 18.8 Å². The molecular formula is C31H37ClFN3O5. The van der Waals surface area contributed by atoms with Gasteiger partial charge in [0.15, 0.2) is 0 Å². The molecule has 0 bridgehead atoms. The van der Waals surface area contributed by atoms with E-state index in [1.807, 2.05) is 41.0 Å². The van der Waals surface area contributed by atoms with E-state index in [2.05, 4.69) is 0 Å². The molecule has 3 amide bonds. The predicted octanol–water partition coefficient (Wildman–Crippen LogP) is 4.96. The molecule has 2 aliphatic heterocycles. The van der Waals surface area contributed by atoms with Gasteiger partial charge in [-0.25, -0.2) is 9.18 Å². The number of rotatable bonds is 7. The zero-order chi connectivity index (χ0) is 29.1. The topological polar surface area (TPSA) is 79.4 Å². The van der Waals surface area contributed by atoms with Gasteiger partial charge in [-0.3, -0.25) is 9.59 Å². The smallest absolute Gasteiger partial charge is 0.410 e. The number of nitrogens with zero attached hydrogens (tertiary/aromatic N) is 3. The molecule has 2 aromatic carbocycles. The van der Waals surface area contributed by atoms with Crippen LogP contribution in [0.3, 0.4) is 0 Å². The van der Waals surface area contributed by atoms with Gasteiger partial charge < -0.3 is 24.2 Å². The maximum Gasteiger partial charge on any atom is 0.415 e. The summed E-state index contributed by atoms with van der Waals surface area (Å²) in [6.07, 6.45) is 2.43. The van der Waals surface area contributed by atoms with Crippen molar-refractivity contribution in [3.63, 3.8) is 0 Å². The van der Waals surface area contributed by atoms with Crippen LogP contribution in [0.2, 0.25) is 5.02 Å². The zero-order valence-electron chi connectivity index (χ0n) is 23.5. The van der Waals surface area contributed by atoms with Crippen molar-refractivity contribution in [3.8, 4) is 5.75 Å². The molecule has 0 radical (unpaired) electrons. The summed E-state index contributed by atoms with van der Waals surface area (Å²) in [6, 6.07) is 12.5. The minimum absolute atomic E-state index is 0.0290. The van der Waals surface area contributed by atoms with E-state index in [1.165, 1.54) is 24.3 Å². The van der Waals surface area contributed by atoms with E-state index < -0.39 is 11.9 Å². The van der Waals surface area contributed by atoms with Crippen LogP contribution in [-0.4, -0.2) is 84.6 Å². The Morgan fingerprint density at radius 3 is 2.17 bits per heavy atom. The molecule has 220 valence electrons. The molecule has 2 unspecified atom stereocenters. The second-order valence-corrected chi connectivity index (χ2v) is 11.6. The first kappa shape index (κ1) is 29.3. The number of amides is 3. The summed E-state index contributed by atoms with van der Waals surface area (Å²) in [6.45, 7) is 4.24. The van der Waals surface area contributed by atoms with Crippen molar-refractivity contribution in [3.05, 3.63) is 64.9 Å². The van der Waals surface area contributed by atoms with Crippen LogP contribution < -0.4 is 4.74 Å². The van der Waals surface area contributed by atoms with E-state index in [1.54, 1.807) is 12.0 Å². The Labute approximate surface area is 245 Å². The van der Waals surface area contributed by atoms with Gasteiger partial charge in [0.05, 0.1) is 12.1 Å². The Morgan fingerprint density at radius 2 is 1.56 bits per heavy atom. The van der Waals surface area contributed by atoms with Gasteiger partial charge in [-0.1, -0.05) is 23.7 Å². The van der Waals surface area contributed by atoms with E-state index in [4.69, 9.17) is 21.1 Å². The van der Waals surface area contributed by atoms with Gasteiger partial charge in [-0.15, -0.1) is 0 Å². The second kappa shape index (κ2) is 12.8. The number of methoxy groups -OCH3 is 1. The van der Waals surface area contributed by atoms with Crippen LogP contribution in [0.4, 0.5) is 9.18 Å². The van der Waals surface area contributed by atoms with Crippen LogP contribution in [0, 0.1) is 17.7 Å². The van der Waals surface area contributed by atoms with Gasteiger partial charge in [0.1, 0.15) is 11.6 Å². The minimum Gasteiger partial charge on any atom is -0.410 e. The second-order valence-electron chi connectivity index (χ2n) is 11.2. The lowest BCUT2D eigenvalue weighted by atomic mass is 9.80. The molecule has 10 heteroatoms. The third kappa shape index (κ3) is 6.51. The quantitative estimate of drug-likeness (QED) is 0.459. The van der Waals surface area contributed by atoms with Crippen LogP contribution in [0.25, 0.3) is 0 Å². The molecule has 41 heavy (non-hydrogen) atoms. The van der Waals surface area contributed by atoms with Crippen molar-refractivity contribution >= 4 is 29.5 Å². The lowest BCUT2D eigenvalue weighted by molar-refractivity contribution is -0.147. The Bertz CT molecular complexity index is 1230. The van der Waals surface area contributed by atoms with Crippen LogP contribution in [0.1, 0.15) is 44.1 Å². The summed E-state index contributed by atoms with van der Waals surface area (Å²) in [5.41, 5.74) is 0.984. The highest BCUT2D eigenvalue weighted by Crippen LogP contribution is 2.36. The summed E-state index contributed by atoms with van der Waals surface area (Å²) < 4.78 is 24.3. The molecule has 2 saturated heterocycles. The molecule has 3 aliphatic rings. The van der Waals surface area contributed by atoms with Crippen molar-refractivity contribution in [2.24, 2.45) is 11.8 Å². The standard InChI is InChI=1S/C31H37ClFN3O5/c1-3-36(31(39)41-25-10-8-24(33)9-11-25)28-19-35(18-27(28)20-4-6-23(32)7-5-20)29(37)21-12-14-34(15-13-21)30(38)22-16-26(17-22)40-2/h4-11,21-22,26-28H,3,12-19H2,1-2H3. The number of piperidine rings is 1. The highest BCUT2D eigenvalue weighted by Gasteiger charge is 2.44. The van der Waals surface area contributed by atoms with Crippen LogP contribution in [0.5, 0.6) is 5.75 Å². The number of carbonyl (C=O) groups is 3. The fourth-order valence-electron chi connectivity index (χ4n) is 6.30. The molecule has 5 rings (SSSR count). The van der Waals surface area contributed by atoms with Crippen molar-refractivity contribution in [1.82, 2.24) is 14.7 Å². The highest BCUT2D eigenvalue weighted by atomic mass is 35.5. The largest absolute Gasteiger partial charge is 0.415 e. The molecule has 0 spiro atoms. The summed E-state index contributed by atoms with van der Waals surface area (Å²) in [4.78, 5) is 45.3. The minimum atomic E-state index is -0.545. The molecule has 1 saturated carbocycles. The first-order valence-electron chi connectivity index (χ1n) is 14.4. The molecule has 0 N–H and O–H groups in total. The molecule has 0 aromatic heterocycles. The molecule has 2 heterocycles. The number of likely N-dealkylation sites (N-methyl/N-ethyl adjacent to an activating group) is 1. The average Bonchev–Trinajstić information content (AvgIpc) is 3.39. The molecule has 1 aliphatic carbocycles. The monoisotopic (exact) mass is 585 g/mol. The molecule has 8 nitrogen and oxygen atoms in total. The number of hydrogen-bond donors (Lipinski definition) is 0. The van der Waals surface area contributed by atoms with Gasteiger partial charge in [-0.2, -0.15) is 0 Å². The molecule has 2 atom stereocenters.